The molecule has 2 N–H and O–H groups in total. The Labute approximate surface area is 173 Å². The second-order valence-corrected chi connectivity index (χ2v) is 6.68. The minimum absolute atomic E-state index is 0.0288. The van der Waals surface area contributed by atoms with Crippen LogP contribution in [0.25, 0.3) is 22.6 Å². The first kappa shape index (κ1) is 19.8. The highest BCUT2D eigenvalue weighted by Crippen LogP contribution is 2.27. The number of aromatic nitrogens is 1. The molecule has 3 aromatic carbocycles. The van der Waals surface area contributed by atoms with Gasteiger partial charge in [0.05, 0.1) is 24.6 Å². The summed E-state index contributed by atoms with van der Waals surface area (Å²) in [5.41, 5.74) is 4.82. The largest absolute Gasteiger partial charge is 0.436 e. The van der Waals surface area contributed by atoms with Crippen molar-refractivity contribution in [2.45, 2.75) is 0 Å². The van der Waals surface area contributed by atoms with Gasteiger partial charge in [-0.15, -0.1) is 0 Å². The van der Waals surface area contributed by atoms with Gasteiger partial charge in [-0.3, -0.25) is 0 Å². The molecule has 0 aliphatic heterocycles. The first-order valence-electron chi connectivity index (χ1n) is 9.71. The van der Waals surface area contributed by atoms with E-state index in [2.05, 4.69) is 15.2 Å². The second-order valence-electron chi connectivity index (χ2n) is 6.68. The molecule has 0 amide bonds. The molecule has 0 spiro atoms. The minimum Gasteiger partial charge on any atom is -0.436 e. The van der Waals surface area contributed by atoms with Crippen molar-refractivity contribution >= 4 is 28.2 Å². The number of nitrogens with zero attached hydrogens (tertiary/aromatic N) is 4. The van der Waals surface area contributed by atoms with Crippen molar-refractivity contribution in [2.75, 3.05) is 31.2 Å². The predicted octanol–water partition coefficient (Wildman–Crippen LogP) is 4.70. The highest BCUT2D eigenvalue weighted by atomic mass is 16.3. The number of aliphatic hydroxyl groups excluding tert-OH is 2. The van der Waals surface area contributed by atoms with E-state index in [1.54, 1.807) is 0 Å². The second kappa shape index (κ2) is 9.30. The van der Waals surface area contributed by atoms with Crippen LogP contribution in [0.1, 0.15) is 0 Å². The van der Waals surface area contributed by atoms with Gasteiger partial charge in [0.1, 0.15) is 5.52 Å². The molecule has 0 saturated carbocycles. The van der Waals surface area contributed by atoms with E-state index in [1.165, 1.54) is 0 Å². The predicted molar refractivity (Wildman–Crippen MR) is 116 cm³/mol. The maximum Gasteiger partial charge on any atom is 0.227 e. The van der Waals surface area contributed by atoms with Crippen molar-refractivity contribution < 1.29 is 14.6 Å². The van der Waals surface area contributed by atoms with Crippen molar-refractivity contribution in [2.24, 2.45) is 10.2 Å². The molecule has 0 bridgehead atoms. The quantitative estimate of drug-likeness (QED) is 0.417. The third kappa shape index (κ3) is 4.53. The van der Waals surface area contributed by atoms with Gasteiger partial charge in [0.25, 0.3) is 0 Å². The molecule has 0 radical (unpaired) electrons. The van der Waals surface area contributed by atoms with Crippen molar-refractivity contribution in [3.8, 4) is 11.5 Å². The highest BCUT2D eigenvalue weighted by molar-refractivity contribution is 5.76. The average molecular weight is 402 g/mol. The van der Waals surface area contributed by atoms with Gasteiger partial charge in [0.2, 0.25) is 5.89 Å². The van der Waals surface area contributed by atoms with Crippen molar-refractivity contribution in [1.82, 2.24) is 4.98 Å². The molecule has 1 heterocycles. The molecular formula is C23H22N4O3. The van der Waals surface area contributed by atoms with Gasteiger partial charge in [0.15, 0.2) is 5.58 Å². The van der Waals surface area contributed by atoms with Crippen LogP contribution in [0.3, 0.4) is 0 Å². The fourth-order valence-electron chi connectivity index (χ4n) is 3.12. The number of anilines is 1. The Kier molecular flexibility index (Phi) is 6.12. The van der Waals surface area contributed by atoms with Crippen molar-refractivity contribution in [3.63, 3.8) is 0 Å². The van der Waals surface area contributed by atoms with Crippen LogP contribution in [-0.4, -0.2) is 41.5 Å². The first-order valence-corrected chi connectivity index (χ1v) is 9.71. The topological polar surface area (TPSA) is 94.5 Å². The lowest BCUT2D eigenvalue weighted by molar-refractivity contribution is 0.281. The Morgan fingerprint density at radius 3 is 1.97 bits per heavy atom. The van der Waals surface area contributed by atoms with E-state index in [4.69, 9.17) is 14.6 Å². The zero-order chi connectivity index (χ0) is 20.8. The van der Waals surface area contributed by atoms with E-state index in [1.807, 2.05) is 77.7 Å². The number of rotatable bonds is 8. The summed E-state index contributed by atoms with van der Waals surface area (Å²) < 4.78 is 5.79. The molecule has 0 fully saturated rings. The Bertz CT molecular complexity index is 1080. The van der Waals surface area contributed by atoms with E-state index in [9.17, 15) is 0 Å². The molecule has 0 aliphatic carbocycles. The molecule has 1 aromatic heterocycles. The number of hydrogen-bond donors (Lipinski definition) is 2. The number of benzene rings is 3. The van der Waals surface area contributed by atoms with Crippen LogP contribution in [0.5, 0.6) is 0 Å². The van der Waals surface area contributed by atoms with Crippen molar-refractivity contribution in [1.29, 1.82) is 0 Å². The monoisotopic (exact) mass is 402 g/mol. The number of aliphatic hydroxyl groups is 2. The maximum atomic E-state index is 9.15. The number of hydrogen-bond acceptors (Lipinski definition) is 7. The molecule has 0 unspecified atom stereocenters. The molecule has 30 heavy (non-hydrogen) atoms. The fraction of sp³-hybridized carbons (Fsp3) is 0.174. The summed E-state index contributed by atoms with van der Waals surface area (Å²) in [4.78, 5) is 6.41. The molecule has 0 atom stereocenters. The lowest BCUT2D eigenvalue weighted by atomic mass is 10.2. The van der Waals surface area contributed by atoms with E-state index < -0.39 is 0 Å². The summed E-state index contributed by atoms with van der Waals surface area (Å²) in [7, 11) is 0. The highest BCUT2D eigenvalue weighted by Gasteiger charge is 2.08. The zero-order valence-corrected chi connectivity index (χ0v) is 16.3. The normalized spacial score (nSPS) is 11.4. The smallest absolute Gasteiger partial charge is 0.227 e. The Morgan fingerprint density at radius 2 is 1.37 bits per heavy atom. The van der Waals surface area contributed by atoms with Gasteiger partial charge in [-0.25, -0.2) is 4.98 Å². The lowest BCUT2D eigenvalue weighted by Crippen LogP contribution is -2.29. The standard InChI is InChI=1S/C23H22N4O3/c28-15-13-27(14-16-29)20-11-9-19(10-12-20)26-25-18-7-5-17(6-8-18)23-24-21-3-1-2-4-22(21)30-23/h1-12,28-29H,13-16H2. The summed E-state index contributed by atoms with van der Waals surface area (Å²) in [5.74, 6) is 0.575. The maximum absolute atomic E-state index is 9.15. The molecule has 0 aliphatic rings. The first-order chi connectivity index (χ1) is 14.8. The molecule has 7 heteroatoms. The summed E-state index contributed by atoms with van der Waals surface area (Å²) in [6.07, 6.45) is 0. The third-order valence-corrected chi connectivity index (χ3v) is 4.64. The van der Waals surface area contributed by atoms with Crippen molar-refractivity contribution in [3.05, 3.63) is 72.8 Å². The van der Waals surface area contributed by atoms with Crippen LogP contribution in [0.2, 0.25) is 0 Å². The van der Waals surface area contributed by atoms with E-state index in [-0.39, 0.29) is 13.2 Å². The molecule has 4 rings (SSSR count). The van der Waals surface area contributed by atoms with Gasteiger partial charge in [-0.2, -0.15) is 10.2 Å². The Hall–Kier alpha value is -3.55. The van der Waals surface area contributed by atoms with E-state index in [0.29, 0.717) is 19.0 Å². The van der Waals surface area contributed by atoms with E-state index in [0.717, 1.165) is 33.7 Å². The molecule has 7 nitrogen and oxygen atoms in total. The van der Waals surface area contributed by atoms with Crippen LogP contribution in [0, 0.1) is 0 Å². The third-order valence-electron chi connectivity index (χ3n) is 4.64. The Morgan fingerprint density at radius 1 is 0.767 bits per heavy atom. The number of fused-ring (bicyclic) bond motifs is 1. The summed E-state index contributed by atoms with van der Waals surface area (Å²) in [6, 6.07) is 22.7. The summed E-state index contributed by atoms with van der Waals surface area (Å²) >= 11 is 0. The summed E-state index contributed by atoms with van der Waals surface area (Å²) in [5, 5.41) is 26.9. The number of azo groups is 1. The molecule has 4 aromatic rings. The zero-order valence-electron chi connectivity index (χ0n) is 16.3. The van der Waals surface area contributed by atoms with Gasteiger partial charge in [-0.05, 0) is 60.7 Å². The summed E-state index contributed by atoms with van der Waals surface area (Å²) in [6.45, 7) is 0.990. The molecule has 152 valence electrons. The van der Waals surface area contributed by atoms with Gasteiger partial charge >= 0.3 is 0 Å². The Balaban J connectivity index is 1.45. The molecule has 0 saturated heterocycles. The number of oxazole rings is 1. The van der Waals surface area contributed by atoms with Gasteiger partial charge in [-0.1, -0.05) is 12.1 Å². The SMILES string of the molecule is OCCN(CCO)c1ccc(N=Nc2ccc(-c3nc4ccccc4o3)cc2)cc1. The lowest BCUT2D eigenvalue weighted by Gasteiger charge is -2.22. The fourth-order valence-corrected chi connectivity index (χ4v) is 3.12. The van der Waals surface area contributed by atoms with Crippen LogP contribution in [0.4, 0.5) is 17.1 Å². The van der Waals surface area contributed by atoms with Crippen LogP contribution in [-0.2, 0) is 0 Å². The van der Waals surface area contributed by atoms with E-state index >= 15 is 0 Å². The van der Waals surface area contributed by atoms with Gasteiger partial charge in [0, 0.05) is 24.3 Å². The average Bonchev–Trinajstić information content (AvgIpc) is 3.23. The number of para-hydroxylation sites is 2. The van der Waals surface area contributed by atoms with Gasteiger partial charge < -0.3 is 19.5 Å². The van der Waals surface area contributed by atoms with Crippen LogP contribution >= 0.6 is 0 Å². The minimum atomic E-state index is 0.0288. The van der Waals surface area contributed by atoms with Crippen LogP contribution < -0.4 is 4.90 Å². The molecular weight excluding hydrogens is 380 g/mol. The van der Waals surface area contributed by atoms with Crippen LogP contribution in [0.15, 0.2) is 87.4 Å².